The van der Waals surface area contributed by atoms with Gasteiger partial charge in [0, 0.05) is 12.1 Å². The number of ether oxygens (including phenoxy) is 1. The number of carbonyl (C=O) groups is 1. The van der Waals surface area contributed by atoms with E-state index >= 15 is 0 Å². The van der Waals surface area contributed by atoms with Gasteiger partial charge in [0.25, 0.3) is 5.91 Å². The molecule has 0 N–H and O–H groups in total. The van der Waals surface area contributed by atoms with Gasteiger partial charge >= 0.3 is 15.6 Å². The Hall–Kier alpha value is -2.99. The summed E-state index contributed by atoms with van der Waals surface area (Å²) in [4.78, 5) is 13.9. The van der Waals surface area contributed by atoms with Crippen LogP contribution in [0, 0.1) is 22.7 Å². The minimum absolute atomic E-state index is 0.139. The Kier molecular flexibility index (Phi) is 7.47. The van der Waals surface area contributed by atoms with E-state index in [1.54, 1.807) is 33.8 Å². The number of rotatable bonds is 7. The summed E-state index contributed by atoms with van der Waals surface area (Å²) in [6.07, 6.45) is 0. The third-order valence-electron chi connectivity index (χ3n) is 3.59. The first-order valence-corrected chi connectivity index (χ1v) is 9.59. The molecular formula is C17H18F3N3O5S. The summed E-state index contributed by atoms with van der Waals surface area (Å²) in [5.74, 6) is -1.68. The van der Waals surface area contributed by atoms with E-state index < -0.39 is 45.0 Å². The number of benzene rings is 1. The number of alkyl halides is 3. The second-order valence-electron chi connectivity index (χ2n) is 6.30. The van der Waals surface area contributed by atoms with Gasteiger partial charge < -0.3 is 13.8 Å². The topological polar surface area (TPSA) is 120 Å². The fourth-order valence-corrected chi connectivity index (χ4v) is 3.00. The molecule has 0 unspecified atom stereocenters. The predicted molar refractivity (Wildman–Crippen MR) is 94.1 cm³/mol. The molecule has 0 radical (unpaired) electrons. The fraction of sp³-hybridized carbons (Fsp3) is 0.471. The summed E-state index contributed by atoms with van der Waals surface area (Å²) in [7, 11) is -6.04. The molecule has 12 heteroatoms. The molecule has 29 heavy (non-hydrogen) atoms. The van der Waals surface area contributed by atoms with Crippen molar-refractivity contribution in [1.29, 1.82) is 10.5 Å². The second-order valence-corrected chi connectivity index (χ2v) is 7.83. The van der Waals surface area contributed by atoms with Gasteiger partial charge in [-0.05, 0) is 39.8 Å². The first kappa shape index (κ1) is 24.0. The van der Waals surface area contributed by atoms with Crippen molar-refractivity contribution in [1.82, 2.24) is 4.90 Å². The standard InChI is InChI=1S/C17H18F3N3O5S/c1-10(2)23(11(3)4)16(24)9-27-14-5-6-15(13(8-22)12(14)7-21)28-29(25,26)17(18,19)20/h5-6,10-11H,9H2,1-4H3. The van der Waals surface area contributed by atoms with Gasteiger partial charge in [-0.15, -0.1) is 0 Å². The molecule has 158 valence electrons. The first-order valence-electron chi connectivity index (χ1n) is 8.18. The lowest BCUT2D eigenvalue weighted by molar-refractivity contribution is -0.137. The minimum Gasteiger partial charge on any atom is -0.482 e. The smallest absolute Gasteiger partial charge is 0.482 e. The Morgan fingerprint density at radius 3 is 1.93 bits per heavy atom. The summed E-state index contributed by atoms with van der Waals surface area (Å²) < 4.78 is 69.1. The molecule has 0 bridgehead atoms. The third kappa shape index (κ3) is 5.51. The maximum Gasteiger partial charge on any atom is 0.534 e. The fourth-order valence-electron chi connectivity index (χ4n) is 2.53. The third-order valence-corrected chi connectivity index (χ3v) is 4.55. The normalized spacial score (nSPS) is 11.7. The average molecular weight is 433 g/mol. The van der Waals surface area contributed by atoms with E-state index in [1.165, 1.54) is 11.0 Å². The number of carbonyl (C=O) groups excluding carboxylic acids is 1. The molecule has 0 aliphatic carbocycles. The van der Waals surface area contributed by atoms with Crippen LogP contribution in [0.2, 0.25) is 0 Å². The lowest BCUT2D eigenvalue weighted by Gasteiger charge is -2.30. The van der Waals surface area contributed by atoms with Crippen LogP contribution in [-0.4, -0.2) is 43.4 Å². The molecular weight excluding hydrogens is 415 g/mol. The summed E-state index contributed by atoms with van der Waals surface area (Å²) >= 11 is 0. The van der Waals surface area contributed by atoms with E-state index in [9.17, 15) is 36.9 Å². The van der Waals surface area contributed by atoms with Gasteiger partial charge in [0.05, 0.1) is 0 Å². The van der Waals surface area contributed by atoms with Crippen molar-refractivity contribution in [2.75, 3.05) is 6.61 Å². The van der Waals surface area contributed by atoms with Gasteiger partial charge in [-0.25, -0.2) is 0 Å². The highest BCUT2D eigenvalue weighted by Crippen LogP contribution is 2.33. The van der Waals surface area contributed by atoms with Gasteiger partial charge in [0.2, 0.25) is 0 Å². The van der Waals surface area contributed by atoms with Crippen molar-refractivity contribution in [2.24, 2.45) is 0 Å². The highest BCUT2D eigenvalue weighted by molar-refractivity contribution is 7.88. The van der Waals surface area contributed by atoms with Crippen LogP contribution in [0.3, 0.4) is 0 Å². The lowest BCUT2D eigenvalue weighted by Crippen LogP contribution is -2.44. The predicted octanol–water partition coefficient (Wildman–Crippen LogP) is 2.68. The van der Waals surface area contributed by atoms with Crippen molar-refractivity contribution >= 4 is 16.0 Å². The Morgan fingerprint density at radius 1 is 1.07 bits per heavy atom. The van der Waals surface area contributed by atoms with Crippen LogP contribution in [-0.2, 0) is 14.9 Å². The van der Waals surface area contributed by atoms with Crippen LogP contribution in [0.15, 0.2) is 12.1 Å². The maximum atomic E-state index is 12.5. The molecule has 1 rings (SSSR count). The number of halogens is 3. The maximum absolute atomic E-state index is 12.5. The molecule has 0 spiro atoms. The zero-order valence-corrected chi connectivity index (χ0v) is 16.8. The molecule has 0 aliphatic heterocycles. The summed E-state index contributed by atoms with van der Waals surface area (Å²) in [5, 5.41) is 18.4. The van der Waals surface area contributed by atoms with Gasteiger partial charge in [-0.3, -0.25) is 4.79 Å². The summed E-state index contributed by atoms with van der Waals surface area (Å²) in [6.45, 7) is 6.66. The van der Waals surface area contributed by atoms with E-state index in [4.69, 9.17) is 4.74 Å². The molecule has 8 nitrogen and oxygen atoms in total. The van der Waals surface area contributed by atoms with E-state index in [0.717, 1.165) is 12.1 Å². The van der Waals surface area contributed by atoms with Crippen LogP contribution in [0.1, 0.15) is 38.8 Å². The largest absolute Gasteiger partial charge is 0.534 e. The van der Waals surface area contributed by atoms with Gasteiger partial charge in [-0.1, -0.05) is 0 Å². The van der Waals surface area contributed by atoms with Crippen molar-refractivity contribution in [3.8, 4) is 23.6 Å². The van der Waals surface area contributed by atoms with Crippen LogP contribution < -0.4 is 8.92 Å². The first-order chi connectivity index (χ1) is 13.3. The van der Waals surface area contributed by atoms with Crippen molar-refractivity contribution < 1.29 is 35.3 Å². The van der Waals surface area contributed by atoms with E-state index in [1.807, 2.05) is 0 Å². The number of nitriles is 2. The van der Waals surface area contributed by atoms with Crippen LogP contribution in [0.5, 0.6) is 11.5 Å². The molecule has 0 aromatic heterocycles. The van der Waals surface area contributed by atoms with Crippen LogP contribution in [0.25, 0.3) is 0 Å². The minimum atomic E-state index is -6.04. The molecule has 0 saturated heterocycles. The van der Waals surface area contributed by atoms with Crippen molar-refractivity contribution in [3.05, 3.63) is 23.3 Å². The molecule has 0 atom stereocenters. The Balaban J connectivity index is 3.23. The zero-order valence-electron chi connectivity index (χ0n) is 15.9. The summed E-state index contributed by atoms with van der Waals surface area (Å²) in [6, 6.07) is 4.38. The number of amides is 1. The quantitative estimate of drug-likeness (QED) is 0.479. The van der Waals surface area contributed by atoms with Crippen molar-refractivity contribution in [3.63, 3.8) is 0 Å². The summed E-state index contributed by atoms with van der Waals surface area (Å²) in [5.41, 5.74) is -7.05. The number of hydrogen-bond donors (Lipinski definition) is 0. The van der Waals surface area contributed by atoms with E-state index in [0.29, 0.717) is 0 Å². The molecule has 0 aliphatic rings. The average Bonchev–Trinajstić information content (AvgIpc) is 2.57. The SMILES string of the molecule is CC(C)N(C(=O)COc1ccc(OS(=O)(=O)C(F)(F)F)c(C#N)c1C#N)C(C)C. The van der Waals surface area contributed by atoms with Gasteiger partial charge in [0.1, 0.15) is 29.0 Å². The van der Waals surface area contributed by atoms with Crippen molar-refractivity contribution in [2.45, 2.75) is 45.3 Å². The molecule has 0 saturated carbocycles. The van der Waals surface area contributed by atoms with Crippen LogP contribution in [0.4, 0.5) is 13.2 Å². The van der Waals surface area contributed by atoms with E-state index in [-0.39, 0.29) is 17.8 Å². The van der Waals surface area contributed by atoms with Crippen LogP contribution >= 0.6 is 0 Å². The monoisotopic (exact) mass is 433 g/mol. The number of nitrogens with zero attached hydrogens (tertiary/aromatic N) is 3. The molecule has 1 aromatic carbocycles. The highest BCUT2D eigenvalue weighted by atomic mass is 32.2. The Labute approximate surface area is 166 Å². The molecule has 1 aromatic rings. The van der Waals surface area contributed by atoms with Gasteiger partial charge in [-0.2, -0.15) is 32.1 Å². The highest BCUT2D eigenvalue weighted by Gasteiger charge is 2.49. The molecule has 1 amide bonds. The molecule has 0 heterocycles. The number of hydrogen-bond acceptors (Lipinski definition) is 7. The zero-order chi connectivity index (χ0) is 22.6. The second kappa shape index (κ2) is 9.01. The lowest BCUT2D eigenvalue weighted by atomic mass is 10.1. The molecule has 0 fully saturated rings. The Bertz CT molecular complexity index is 952. The van der Waals surface area contributed by atoms with E-state index in [2.05, 4.69) is 4.18 Å². The Morgan fingerprint density at radius 2 is 1.52 bits per heavy atom. The van der Waals surface area contributed by atoms with Gasteiger partial charge in [0.15, 0.2) is 12.4 Å².